The summed E-state index contributed by atoms with van der Waals surface area (Å²) >= 11 is 0. The summed E-state index contributed by atoms with van der Waals surface area (Å²) in [6, 6.07) is 67.8. The molecule has 0 unspecified atom stereocenters. The van der Waals surface area contributed by atoms with Crippen LogP contribution in [0, 0.1) is 77.2 Å². The minimum atomic E-state index is -1.13. The first-order valence-electron chi connectivity index (χ1n) is 30.0. The van der Waals surface area contributed by atoms with E-state index < -0.39 is 35.8 Å². The third-order valence-corrected chi connectivity index (χ3v) is 11.9. The minimum absolute atomic E-state index is 0. The van der Waals surface area contributed by atoms with Gasteiger partial charge >= 0.3 is 72.2 Å². The maximum atomic E-state index is 11.9. The number of aliphatic hydroxyl groups is 4. The number of hydrogen-bond donors (Lipinski definition) is 4. The molecule has 0 aromatic heterocycles. The molecule has 0 spiro atoms. The molecule has 32 heteroatoms. The third kappa shape index (κ3) is 46.7. The van der Waals surface area contributed by atoms with Crippen LogP contribution in [0.2, 0.25) is 0 Å². The zero-order valence-electron chi connectivity index (χ0n) is 59.6. The average molecular weight is 1890 g/mol. The number of carboxylic acid groups (broad SMARTS) is 6. The number of carbonyl (C=O) groups is 6. The van der Waals surface area contributed by atoms with Crippen LogP contribution < -0.4 is 70.0 Å². The Morgan fingerprint density at radius 1 is 0.264 bits per heavy atom. The molecule has 0 amide bonds. The van der Waals surface area contributed by atoms with Gasteiger partial charge in [-0.25, -0.2) is 0 Å². The van der Waals surface area contributed by atoms with Crippen LogP contribution in [-0.4, -0.2) is 138 Å². The second-order valence-corrected chi connectivity index (χ2v) is 18.4. The standard InChI is InChI=1S/2C16H16N2O4.6C7H6O2.4CH4O.2Co.2Tb/c2*1-21-13-7-3-5-11(15(13)19)9-17-18-10-12-6-4-8-14(22-2)16(12)20;6*8-7(9)6-4-2-1-3-5-6;4*1-2;;;;/h2*3-10,19-20H,1-2H3;6*1-5H,(H,8,9);4*2H,1H3;;;;/q;;;;;;;;;;;;+2;+3;;+3/p-10/b2*17-9+,18-10+;;;;;;;;;;;;;;. The van der Waals surface area contributed by atoms with Gasteiger partial charge in [-0.3, -0.25) is 0 Å². The predicted molar refractivity (Wildman–Crippen MR) is 377 cm³/mol. The number of carboxylic acids is 6. The molecule has 0 aliphatic rings. The summed E-state index contributed by atoms with van der Waals surface area (Å²) in [6.07, 6.45) is 5.25. The van der Waals surface area contributed by atoms with Crippen molar-refractivity contribution in [2.45, 2.75) is 0 Å². The van der Waals surface area contributed by atoms with Gasteiger partial charge < -0.3 is 119 Å². The van der Waals surface area contributed by atoms with Crippen molar-refractivity contribution in [3.05, 3.63) is 310 Å². The smallest absolute Gasteiger partial charge is 0.870 e. The molecule has 0 fully saturated rings. The quantitative estimate of drug-likeness (QED) is 0.0783. The van der Waals surface area contributed by atoms with Crippen LogP contribution in [0.4, 0.5) is 0 Å². The van der Waals surface area contributed by atoms with Crippen molar-refractivity contribution in [3.8, 4) is 46.0 Å². The summed E-state index contributed by atoms with van der Waals surface area (Å²) in [7, 11) is 9.70. The first-order valence-corrected chi connectivity index (χ1v) is 30.0. The Morgan fingerprint density at radius 2 is 0.391 bits per heavy atom. The molecule has 110 heavy (non-hydrogen) atoms. The summed E-state index contributed by atoms with van der Waals surface area (Å²) in [5, 5.41) is 151. The first-order chi connectivity index (χ1) is 51.2. The molecule has 10 rings (SSSR count). The van der Waals surface area contributed by atoms with E-state index in [2.05, 4.69) is 20.4 Å². The van der Waals surface area contributed by atoms with Crippen LogP contribution in [0.15, 0.2) is 275 Å². The molecular formula is C78H74Co2N4O24Tb2-2. The van der Waals surface area contributed by atoms with Gasteiger partial charge in [-0.15, -0.1) is 0 Å². The average Bonchev–Trinajstić information content (AvgIpc) is 0.871. The summed E-state index contributed by atoms with van der Waals surface area (Å²) in [5.74, 6) is -6.90. The normalized spacial score (nSPS) is 9.05. The van der Waals surface area contributed by atoms with Crippen LogP contribution in [0.25, 0.3) is 0 Å². The fourth-order valence-corrected chi connectivity index (χ4v) is 7.01. The van der Waals surface area contributed by atoms with Gasteiger partial charge in [-0.1, -0.05) is 254 Å². The van der Waals surface area contributed by atoms with Crippen molar-refractivity contribution in [1.29, 1.82) is 0 Å². The third-order valence-electron chi connectivity index (χ3n) is 11.9. The summed E-state index contributed by atoms with van der Waals surface area (Å²) in [4.78, 5) is 60.5. The fourth-order valence-electron chi connectivity index (χ4n) is 7.01. The number of carbonyl (C=O) groups excluding carboxylic acids is 6. The summed E-state index contributed by atoms with van der Waals surface area (Å²) in [5.41, 5.74) is 2.72. The topological polar surface area (TPSA) is 500 Å². The maximum Gasteiger partial charge on any atom is 3.00 e. The number of methoxy groups -OCH3 is 4. The minimum Gasteiger partial charge on any atom is -0.870 e. The van der Waals surface area contributed by atoms with E-state index in [9.17, 15) is 79.8 Å². The van der Waals surface area contributed by atoms with E-state index in [1.165, 1.54) is 126 Å². The zero-order valence-corrected chi connectivity index (χ0v) is 66.0. The van der Waals surface area contributed by atoms with Crippen molar-refractivity contribution < 1.29 is 230 Å². The molecule has 2 radical (unpaired) electrons. The number of aromatic carboxylic acids is 6. The van der Waals surface area contributed by atoms with Crippen LogP contribution in [-0.2, 0) is 33.6 Å². The van der Waals surface area contributed by atoms with Gasteiger partial charge in [0.25, 0.3) is 0 Å². The van der Waals surface area contributed by atoms with Crippen molar-refractivity contribution in [1.82, 2.24) is 0 Å². The number of para-hydroxylation sites is 4. The SMILES string of the molecule is CO.CO.CO.CO.COc1cccc(/C=N/N=C/c2cccc(OC)c2[O-])c1[O-].COc1cccc(/C=N/N=C/c2cccc(OC)c2[O-])c1[O-].O=C([O-])c1ccccc1.O=C([O-])c1ccccc1.O=C([O-])c1ccccc1.O=C([O-])c1ccccc1.O=C([O-])c1ccccc1.O=C([O-])c1ccccc1.[Co+2].[Co+3].[Tb+3].[Tb]. The fraction of sp³-hybridized carbons (Fsp3) is 0.103. The maximum absolute atomic E-state index is 11.9. The molecule has 0 heterocycles. The summed E-state index contributed by atoms with van der Waals surface area (Å²) < 4.78 is 19.7. The van der Waals surface area contributed by atoms with E-state index in [0.29, 0.717) is 22.3 Å². The zero-order chi connectivity index (χ0) is 80.0. The number of rotatable bonds is 16. The predicted octanol–water partition coefficient (Wildman–Crippen LogP) is 1.34. The van der Waals surface area contributed by atoms with Gasteiger partial charge in [0.1, 0.15) is 23.0 Å². The molecule has 0 atom stereocenters. The van der Waals surface area contributed by atoms with Gasteiger partial charge in [0.05, 0.1) is 89.1 Å². The van der Waals surface area contributed by atoms with Crippen molar-refractivity contribution in [2.75, 3.05) is 56.9 Å². The van der Waals surface area contributed by atoms with E-state index >= 15 is 0 Å². The van der Waals surface area contributed by atoms with Gasteiger partial charge in [-0.2, -0.15) is 20.4 Å². The molecule has 588 valence electrons. The van der Waals surface area contributed by atoms with Gasteiger partial charge in [0, 0.05) is 67.1 Å². The monoisotopic (exact) mass is 1890 g/mol. The van der Waals surface area contributed by atoms with Crippen LogP contribution >= 0.6 is 0 Å². The molecule has 10 aromatic rings. The molecule has 0 saturated carbocycles. The van der Waals surface area contributed by atoms with Crippen molar-refractivity contribution in [2.24, 2.45) is 20.4 Å². The Kier molecular flexibility index (Phi) is 70.5. The van der Waals surface area contributed by atoms with E-state index in [-0.39, 0.29) is 190 Å². The van der Waals surface area contributed by atoms with Crippen LogP contribution in [0.1, 0.15) is 84.4 Å². The molecule has 0 saturated heterocycles. The molecule has 4 N–H and O–H groups in total. The van der Waals surface area contributed by atoms with E-state index in [1.807, 2.05) is 0 Å². The van der Waals surface area contributed by atoms with E-state index in [0.717, 1.165) is 28.4 Å². The Morgan fingerprint density at radius 3 is 0.491 bits per heavy atom. The van der Waals surface area contributed by atoms with Gasteiger partial charge in [0.2, 0.25) is 0 Å². The molecular weight excluding hydrogens is 1810 g/mol. The van der Waals surface area contributed by atoms with Crippen LogP contribution in [0.5, 0.6) is 46.0 Å². The number of benzene rings is 10. The Hall–Kier alpha value is -10.5. The summed E-state index contributed by atoms with van der Waals surface area (Å²) in [6.45, 7) is 0. The number of nitrogens with zero attached hydrogens (tertiary/aromatic N) is 4. The van der Waals surface area contributed by atoms with Gasteiger partial charge in [0.15, 0.2) is 0 Å². The molecule has 10 aromatic carbocycles. The molecule has 28 nitrogen and oxygen atoms in total. The molecule has 0 aliphatic carbocycles. The van der Waals surface area contributed by atoms with E-state index in [4.69, 9.17) is 39.4 Å². The molecule has 0 bridgehead atoms. The number of ether oxygens (including phenoxy) is 4. The van der Waals surface area contributed by atoms with E-state index in [1.54, 1.807) is 182 Å². The molecule has 0 aliphatic heterocycles. The second kappa shape index (κ2) is 70.2. The van der Waals surface area contributed by atoms with Gasteiger partial charge in [-0.05, 0) is 79.9 Å². The van der Waals surface area contributed by atoms with Crippen LogP contribution in [0.3, 0.4) is 0 Å². The Balaban J connectivity index is -0.000000285. The largest absolute Gasteiger partial charge is 3.00 e. The van der Waals surface area contributed by atoms with Crippen molar-refractivity contribution >= 4 is 60.7 Å². The Labute approximate surface area is 717 Å². The number of hydrogen-bond acceptors (Lipinski definition) is 28. The first kappa shape index (κ1) is 110. The number of aliphatic hydroxyl groups excluding tert-OH is 4. The second-order valence-electron chi connectivity index (χ2n) is 18.4. The Bertz CT molecular complexity index is 3610. The van der Waals surface area contributed by atoms with Crippen molar-refractivity contribution in [3.63, 3.8) is 0 Å².